The van der Waals surface area contributed by atoms with E-state index in [9.17, 15) is 5.11 Å². The summed E-state index contributed by atoms with van der Waals surface area (Å²) in [6.07, 6.45) is 6.33. The van der Waals surface area contributed by atoms with Gasteiger partial charge < -0.3 is 14.6 Å². The van der Waals surface area contributed by atoms with E-state index in [-0.39, 0.29) is 12.2 Å². The number of aliphatic hydroxyl groups is 1. The van der Waals surface area contributed by atoms with E-state index in [0.29, 0.717) is 5.92 Å². The van der Waals surface area contributed by atoms with Gasteiger partial charge in [-0.05, 0) is 44.4 Å². The first-order chi connectivity index (χ1) is 7.36. The van der Waals surface area contributed by atoms with Crippen molar-refractivity contribution in [3.63, 3.8) is 0 Å². The van der Waals surface area contributed by atoms with Gasteiger partial charge in [0, 0.05) is 19.8 Å². The quantitative estimate of drug-likeness (QED) is 0.777. The maximum Gasteiger partial charge on any atom is 0.0834 e. The fraction of sp³-hybridized carbons (Fsp3) is 1.00. The molecule has 0 aromatic rings. The molecule has 0 saturated carbocycles. The molecule has 3 nitrogen and oxygen atoms in total. The standard InChI is InChI=1S/C12H22O3/c13-11(12-3-1-2-6-15-12)9-10-4-7-14-8-5-10/h10-13H,1-9H2. The summed E-state index contributed by atoms with van der Waals surface area (Å²) in [5, 5.41) is 10.1. The van der Waals surface area contributed by atoms with Crippen molar-refractivity contribution in [1.29, 1.82) is 0 Å². The van der Waals surface area contributed by atoms with Crippen LogP contribution < -0.4 is 0 Å². The Morgan fingerprint density at radius 3 is 2.53 bits per heavy atom. The van der Waals surface area contributed by atoms with E-state index in [1.54, 1.807) is 0 Å². The molecule has 88 valence electrons. The first kappa shape index (κ1) is 11.4. The van der Waals surface area contributed by atoms with E-state index >= 15 is 0 Å². The van der Waals surface area contributed by atoms with Gasteiger partial charge in [0.15, 0.2) is 0 Å². The Kier molecular flexibility index (Phi) is 4.42. The third-order valence-corrected chi connectivity index (χ3v) is 3.56. The molecule has 2 atom stereocenters. The van der Waals surface area contributed by atoms with Gasteiger partial charge in [-0.1, -0.05) is 0 Å². The molecule has 0 bridgehead atoms. The predicted octanol–water partition coefficient (Wildman–Crippen LogP) is 1.73. The number of ether oxygens (including phenoxy) is 2. The fourth-order valence-electron chi connectivity index (χ4n) is 2.54. The zero-order chi connectivity index (χ0) is 10.5. The van der Waals surface area contributed by atoms with Crippen LogP contribution in [0.15, 0.2) is 0 Å². The minimum absolute atomic E-state index is 0.0987. The fourth-order valence-corrected chi connectivity index (χ4v) is 2.54. The maximum absolute atomic E-state index is 10.1. The van der Waals surface area contributed by atoms with E-state index in [0.717, 1.165) is 51.9 Å². The Bertz CT molecular complexity index is 172. The molecule has 3 heteroatoms. The monoisotopic (exact) mass is 214 g/mol. The van der Waals surface area contributed by atoms with Crippen molar-refractivity contribution in [2.24, 2.45) is 5.92 Å². The summed E-state index contributed by atoms with van der Waals surface area (Å²) in [6.45, 7) is 2.56. The minimum atomic E-state index is -0.256. The van der Waals surface area contributed by atoms with Gasteiger partial charge in [0.05, 0.1) is 12.2 Å². The topological polar surface area (TPSA) is 38.7 Å². The van der Waals surface area contributed by atoms with Gasteiger partial charge >= 0.3 is 0 Å². The Hall–Kier alpha value is -0.120. The van der Waals surface area contributed by atoms with E-state index in [1.807, 2.05) is 0 Å². The lowest BCUT2D eigenvalue weighted by molar-refractivity contribution is -0.0742. The zero-order valence-corrected chi connectivity index (χ0v) is 9.36. The molecule has 0 radical (unpaired) electrons. The average Bonchev–Trinajstić information content (AvgIpc) is 2.31. The number of hydrogen-bond acceptors (Lipinski definition) is 3. The van der Waals surface area contributed by atoms with Crippen molar-refractivity contribution >= 4 is 0 Å². The number of rotatable bonds is 3. The molecule has 15 heavy (non-hydrogen) atoms. The van der Waals surface area contributed by atoms with Gasteiger partial charge in [-0.3, -0.25) is 0 Å². The second-order valence-electron chi connectivity index (χ2n) is 4.76. The van der Waals surface area contributed by atoms with Crippen LogP contribution in [0.2, 0.25) is 0 Å². The lowest BCUT2D eigenvalue weighted by atomic mass is 9.90. The maximum atomic E-state index is 10.1. The average molecular weight is 214 g/mol. The van der Waals surface area contributed by atoms with Gasteiger partial charge in [0.2, 0.25) is 0 Å². The third-order valence-electron chi connectivity index (χ3n) is 3.56. The molecule has 0 aliphatic carbocycles. The molecule has 1 N–H and O–H groups in total. The summed E-state index contributed by atoms with van der Waals surface area (Å²) in [5.74, 6) is 0.638. The van der Waals surface area contributed by atoms with Crippen LogP contribution in [0, 0.1) is 5.92 Å². The highest BCUT2D eigenvalue weighted by atomic mass is 16.5. The summed E-state index contributed by atoms with van der Waals surface area (Å²) < 4.78 is 10.9. The molecule has 0 spiro atoms. The Morgan fingerprint density at radius 1 is 1.07 bits per heavy atom. The van der Waals surface area contributed by atoms with Gasteiger partial charge in [-0.15, -0.1) is 0 Å². The van der Waals surface area contributed by atoms with Crippen LogP contribution in [0.25, 0.3) is 0 Å². The first-order valence-electron chi connectivity index (χ1n) is 6.23. The Morgan fingerprint density at radius 2 is 1.87 bits per heavy atom. The van der Waals surface area contributed by atoms with Crippen molar-refractivity contribution in [2.45, 2.75) is 50.7 Å². The summed E-state index contributed by atoms with van der Waals surface area (Å²) in [5.41, 5.74) is 0. The van der Waals surface area contributed by atoms with Crippen molar-refractivity contribution in [3.8, 4) is 0 Å². The van der Waals surface area contributed by atoms with Crippen LogP contribution in [-0.2, 0) is 9.47 Å². The molecule has 2 unspecified atom stereocenters. The second kappa shape index (κ2) is 5.83. The lowest BCUT2D eigenvalue weighted by Crippen LogP contribution is -2.34. The third kappa shape index (κ3) is 3.44. The zero-order valence-electron chi connectivity index (χ0n) is 9.36. The van der Waals surface area contributed by atoms with E-state index in [2.05, 4.69) is 0 Å². The molecule has 0 amide bonds. The van der Waals surface area contributed by atoms with Crippen molar-refractivity contribution in [2.75, 3.05) is 19.8 Å². The van der Waals surface area contributed by atoms with Crippen molar-refractivity contribution in [1.82, 2.24) is 0 Å². The highest BCUT2D eigenvalue weighted by Crippen LogP contribution is 2.25. The van der Waals surface area contributed by atoms with Crippen molar-refractivity contribution in [3.05, 3.63) is 0 Å². The van der Waals surface area contributed by atoms with Crippen LogP contribution in [0.5, 0.6) is 0 Å². The molecule has 2 aliphatic heterocycles. The van der Waals surface area contributed by atoms with Gasteiger partial charge in [0.1, 0.15) is 0 Å². The van der Waals surface area contributed by atoms with Crippen LogP contribution in [0.1, 0.15) is 38.5 Å². The normalized spacial score (nSPS) is 31.4. The smallest absolute Gasteiger partial charge is 0.0834 e. The van der Waals surface area contributed by atoms with Crippen molar-refractivity contribution < 1.29 is 14.6 Å². The van der Waals surface area contributed by atoms with E-state index in [4.69, 9.17) is 9.47 Å². The van der Waals surface area contributed by atoms with E-state index in [1.165, 1.54) is 6.42 Å². The molecular formula is C12H22O3. The molecule has 0 aromatic heterocycles. The van der Waals surface area contributed by atoms with Crippen LogP contribution in [0.4, 0.5) is 0 Å². The summed E-state index contributed by atoms with van der Waals surface area (Å²) in [6, 6.07) is 0. The van der Waals surface area contributed by atoms with Crippen LogP contribution >= 0.6 is 0 Å². The first-order valence-corrected chi connectivity index (χ1v) is 6.23. The molecule has 2 heterocycles. The Balaban J connectivity index is 1.72. The molecule has 2 saturated heterocycles. The van der Waals surface area contributed by atoms with Gasteiger partial charge in [-0.25, -0.2) is 0 Å². The number of hydrogen-bond donors (Lipinski definition) is 1. The number of aliphatic hydroxyl groups excluding tert-OH is 1. The van der Waals surface area contributed by atoms with Gasteiger partial charge in [-0.2, -0.15) is 0 Å². The Labute approximate surface area is 91.8 Å². The van der Waals surface area contributed by atoms with Crippen LogP contribution in [-0.4, -0.2) is 37.1 Å². The summed E-state index contributed by atoms with van der Waals surface area (Å²) in [4.78, 5) is 0. The minimum Gasteiger partial charge on any atom is -0.390 e. The highest BCUT2D eigenvalue weighted by molar-refractivity contribution is 4.76. The SMILES string of the molecule is OC(CC1CCOCC1)C1CCCCO1. The molecule has 2 aliphatic rings. The molecule has 2 rings (SSSR count). The largest absolute Gasteiger partial charge is 0.390 e. The summed E-state index contributed by atoms with van der Waals surface area (Å²) in [7, 11) is 0. The molecular weight excluding hydrogens is 192 g/mol. The second-order valence-corrected chi connectivity index (χ2v) is 4.76. The van der Waals surface area contributed by atoms with Gasteiger partial charge in [0.25, 0.3) is 0 Å². The highest BCUT2D eigenvalue weighted by Gasteiger charge is 2.26. The molecule has 2 fully saturated rings. The lowest BCUT2D eigenvalue weighted by Gasteiger charge is -2.30. The summed E-state index contributed by atoms with van der Waals surface area (Å²) >= 11 is 0. The molecule has 0 aromatic carbocycles. The predicted molar refractivity (Wildman–Crippen MR) is 57.8 cm³/mol. The van der Waals surface area contributed by atoms with E-state index < -0.39 is 0 Å². The van der Waals surface area contributed by atoms with Crippen LogP contribution in [0.3, 0.4) is 0 Å².